The van der Waals surface area contributed by atoms with Crippen molar-refractivity contribution in [1.29, 1.82) is 5.26 Å². The van der Waals surface area contributed by atoms with Crippen molar-refractivity contribution in [3.05, 3.63) is 171 Å². The monoisotopic (exact) mass is 974 g/mol. The number of nitriles is 1. The van der Waals surface area contributed by atoms with Gasteiger partial charge in [0.15, 0.2) is 5.69 Å². The van der Waals surface area contributed by atoms with Crippen molar-refractivity contribution < 1.29 is 9.13 Å². The van der Waals surface area contributed by atoms with E-state index in [0.717, 1.165) is 51.7 Å². The van der Waals surface area contributed by atoms with E-state index < -0.39 is 0 Å². The van der Waals surface area contributed by atoms with Gasteiger partial charge in [-0.3, -0.25) is 0 Å². The molecule has 2 aromatic heterocycles. The Kier molecular flexibility index (Phi) is 16.7. The topological polar surface area (TPSA) is 41.3 Å². The van der Waals surface area contributed by atoms with Gasteiger partial charge in [-0.05, 0) is 132 Å². The molecule has 6 nitrogen and oxygen atoms in total. The summed E-state index contributed by atoms with van der Waals surface area (Å²) in [5, 5.41) is 8.71. The van der Waals surface area contributed by atoms with Crippen LogP contribution in [0, 0.1) is 18.3 Å². The molecule has 0 fully saturated rings. The van der Waals surface area contributed by atoms with Crippen LogP contribution in [-0.2, 0) is 14.1 Å². The Bertz CT molecular complexity index is 2680. The Morgan fingerprint density at radius 3 is 1.44 bits per heavy atom. The van der Waals surface area contributed by atoms with E-state index in [-0.39, 0.29) is 0 Å². The van der Waals surface area contributed by atoms with Crippen molar-refractivity contribution in [2.45, 2.75) is 32.6 Å². The largest absolute Gasteiger partial charge is 0.378 e. The zero-order chi connectivity index (χ0) is 45.8. The first-order chi connectivity index (χ1) is 30.8. The second kappa shape index (κ2) is 22.6. The summed E-state index contributed by atoms with van der Waals surface area (Å²) in [6, 6.07) is 54.4. The van der Waals surface area contributed by atoms with Crippen LogP contribution in [0.15, 0.2) is 155 Å². The first-order valence-electron chi connectivity index (χ1n) is 21.8. The molecular formula is C56H60Br2N6+2. The molecule has 0 aliphatic rings. The molecule has 0 amide bonds. The second-order valence-electron chi connectivity index (χ2n) is 16.7. The van der Waals surface area contributed by atoms with Crippen LogP contribution in [0.4, 0.5) is 17.1 Å². The molecule has 0 spiro atoms. The van der Waals surface area contributed by atoms with Gasteiger partial charge in [-0.1, -0.05) is 74.7 Å². The van der Waals surface area contributed by atoms with Gasteiger partial charge < -0.3 is 14.7 Å². The molecule has 0 bridgehead atoms. The Hall–Kier alpha value is -6.01. The first kappa shape index (κ1) is 47.5. The van der Waals surface area contributed by atoms with Crippen molar-refractivity contribution in [2.75, 3.05) is 56.5 Å². The minimum absolute atomic E-state index is 0.652. The van der Waals surface area contributed by atoms with E-state index in [1.165, 1.54) is 61.8 Å². The molecule has 2 heterocycles. The van der Waals surface area contributed by atoms with Crippen molar-refractivity contribution in [3.63, 3.8) is 0 Å². The maximum Gasteiger partial charge on any atom is 0.213 e. The van der Waals surface area contributed by atoms with Gasteiger partial charge in [0.2, 0.25) is 17.1 Å². The standard InChI is InChI=1S/C35H38BrN4.C21H22BrN2/c1-38(2)32-21-14-28(15-22-32)30-25-34(40(4)35(26-30)29-12-16-31(36)17-13-29)20-11-27-9-18-33(19-10-27)39(3)24-8-6-5-7-23-37;1-15-13-18(16-7-11-20(12-8-16)23(2)3)14-21(24(15)4)17-5-9-19(22)10-6-17/h9-22,25-26H,5-8,24H2,1-4H3;5-14H,1-4H3/q2*+1. The van der Waals surface area contributed by atoms with E-state index in [1.807, 2.05) is 0 Å². The summed E-state index contributed by atoms with van der Waals surface area (Å²) in [5.74, 6) is 0. The predicted octanol–water partition coefficient (Wildman–Crippen LogP) is 13.3. The van der Waals surface area contributed by atoms with Gasteiger partial charge in [0.25, 0.3) is 0 Å². The van der Waals surface area contributed by atoms with Crippen molar-refractivity contribution >= 4 is 61.1 Å². The van der Waals surface area contributed by atoms with E-state index in [9.17, 15) is 0 Å². The SMILES string of the molecule is CN(C)c1ccc(-c2cc(/C=C/c3ccc(N(C)CCCCCC#N)cc3)[n+](C)c(-c3ccc(Br)cc3)c2)cc1.Cc1cc(-c2ccc(N(C)C)cc2)cc(-c2ccc(Br)cc2)[n+]1C. The maximum atomic E-state index is 8.71. The molecule has 64 heavy (non-hydrogen) atoms. The van der Waals surface area contributed by atoms with Gasteiger partial charge in [0, 0.05) is 123 Å². The molecular weight excluding hydrogens is 916 g/mol. The average Bonchev–Trinajstić information content (AvgIpc) is 3.30. The van der Waals surface area contributed by atoms with Gasteiger partial charge in [0.05, 0.1) is 6.07 Å². The highest BCUT2D eigenvalue weighted by Crippen LogP contribution is 2.30. The Morgan fingerprint density at radius 1 is 0.500 bits per heavy atom. The van der Waals surface area contributed by atoms with Gasteiger partial charge in [-0.25, -0.2) is 0 Å². The number of nitrogens with zero attached hydrogens (tertiary/aromatic N) is 6. The lowest BCUT2D eigenvalue weighted by Gasteiger charge is -2.19. The number of pyridine rings is 2. The summed E-state index contributed by atoms with van der Waals surface area (Å²) in [6.07, 6.45) is 8.22. The second-order valence-corrected chi connectivity index (χ2v) is 18.5. The van der Waals surface area contributed by atoms with Gasteiger partial charge in [0.1, 0.15) is 14.1 Å². The molecule has 0 unspecified atom stereocenters. The smallest absolute Gasteiger partial charge is 0.213 e. The van der Waals surface area contributed by atoms with Crippen LogP contribution in [-0.4, -0.2) is 41.8 Å². The van der Waals surface area contributed by atoms with E-state index in [0.29, 0.717) is 6.42 Å². The summed E-state index contributed by atoms with van der Waals surface area (Å²) in [4.78, 5) is 6.53. The number of rotatable bonds is 14. The third-order valence-corrected chi connectivity index (χ3v) is 12.7. The molecule has 0 atom stereocenters. The van der Waals surface area contributed by atoms with E-state index in [4.69, 9.17) is 5.26 Å². The molecule has 7 rings (SSSR count). The summed E-state index contributed by atoms with van der Waals surface area (Å²) >= 11 is 7.08. The lowest BCUT2D eigenvalue weighted by atomic mass is 10.0. The van der Waals surface area contributed by atoms with Crippen LogP contribution in [0.2, 0.25) is 0 Å². The number of aryl methyl sites for hydroxylation is 1. The van der Waals surface area contributed by atoms with E-state index in [2.05, 4.69) is 276 Å². The van der Waals surface area contributed by atoms with Crippen molar-refractivity contribution in [1.82, 2.24) is 0 Å². The molecule has 5 aromatic carbocycles. The highest BCUT2D eigenvalue weighted by atomic mass is 79.9. The normalized spacial score (nSPS) is 10.9. The van der Waals surface area contributed by atoms with Crippen molar-refractivity contribution in [2.24, 2.45) is 14.1 Å². The summed E-state index contributed by atoms with van der Waals surface area (Å²) in [6.45, 7) is 3.15. The lowest BCUT2D eigenvalue weighted by Crippen LogP contribution is -2.34. The number of halogens is 2. The maximum absolute atomic E-state index is 8.71. The Balaban J connectivity index is 0.000000241. The first-order valence-corrected chi connectivity index (χ1v) is 23.4. The summed E-state index contributed by atoms with van der Waals surface area (Å²) < 4.78 is 6.66. The molecule has 0 saturated carbocycles. The summed E-state index contributed by atoms with van der Waals surface area (Å²) in [5.41, 5.74) is 16.8. The molecule has 326 valence electrons. The Morgan fingerprint density at radius 2 is 0.953 bits per heavy atom. The molecule has 0 aliphatic carbocycles. The van der Waals surface area contributed by atoms with Gasteiger partial charge in [-0.15, -0.1) is 0 Å². The van der Waals surface area contributed by atoms with Crippen LogP contribution < -0.4 is 23.8 Å². The highest BCUT2D eigenvalue weighted by Gasteiger charge is 2.18. The number of aromatic nitrogens is 2. The summed E-state index contributed by atoms with van der Waals surface area (Å²) in [7, 11) is 14.6. The number of benzene rings is 5. The van der Waals surface area contributed by atoms with E-state index in [1.54, 1.807) is 0 Å². The van der Waals surface area contributed by atoms with Crippen LogP contribution >= 0.6 is 31.9 Å². The zero-order valence-corrected chi connectivity index (χ0v) is 41.7. The number of hydrogen-bond donors (Lipinski definition) is 0. The predicted molar refractivity (Wildman–Crippen MR) is 278 cm³/mol. The van der Waals surface area contributed by atoms with Crippen LogP contribution in [0.5, 0.6) is 0 Å². The van der Waals surface area contributed by atoms with E-state index >= 15 is 0 Å². The fourth-order valence-electron chi connectivity index (χ4n) is 7.55. The minimum atomic E-state index is 0.652. The van der Waals surface area contributed by atoms with Gasteiger partial charge >= 0.3 is 0 Å². The third kappa shape index (κ3) is 12.6. The molecule has 0 saturated heterocycles. The number of hydrogen-bond acceptors (Lipinski definition) is 4. The lowest BCUT2D eigenvalue weighted by molar-refractivity contribution is -0.666. The molecule has 8 heteroatoms. The quantitative estimate of drug-likeness (QED) is 0.0804. The average molecular weight is 977 g/mol. The minimum Gasteiger partial charge on any atom is -0.378 e. The van der Waals surface area contributed by atoms with Crippen LogP contribution in [0.3, 0.4) is 0 Å². The fraction of sp³-hybridized carbons (Fsp3) is 0.232. The molecule has 0 radical (unpaired) electrons. The zero-order valence-electron chi connectivity index (χ0n) is 38.5. The molecule has 7 aromatic rings. The Labute approximate surface area is 398 Å². The fourth-order valence-corrected chi connectivity index (χ4v) is 8.08. The number of anilines is 3. The number of unbranched alkanes of at least 4 members (excludes halogenated alkanes) is 3. The van der Waals surface area contributed by atoms with Crippen molar-refractivity contribution in [3.8, 4) is 50.8 Å². The third-order valence-electron chi connectivity index (χ3n) is 11.7. The van der Waals surface area contributed by atoms with Crippen LogP contribution in [0.1, 0.15) is 42.6 Å². The van der Waals surface area contributed by atoms with Gasteiger partial charge in [-0.2, -0.15) is 14.4 Å². The van der Waals surface area contributed by atoms with Crippen LogP contribution in [0.25, 0.3) is 56.9 Å². The highest BCUT2D eigenvalue weighted by molar-refractivity contribution is 9.10. The molecule has 0 aliphatic heterocycles. The molecule has 0 N–H and O–H groups in total.